The van der Waals surface area contributed by atoms with Crippen molar-refractivity contribution in [1.29, 1.82) is 0 Å². The van der Waals surface area contributed by atoms with E-state index < -0.39 is 0 Å². The second kappa shape index (κ2) is 7.54. The number of rotatable bonds is 4. The molecule has 0 spiro atoms. The van der Waals surface area contributed by atoms with E-state index in [9.17, 15) is 0 Å². The molecule has 1 aliphatic heterocycles. The van der Waals surface area contributed by atoms with Gasteiger partial charge in [-0.15, -0.1) is 11.3 Å². The smallest absolute Gasteiger partial charge is 0.225 e. The van der Waals surface area contributed by atoms with Crippen molar-refractivity contribution in [3.8, 4) is 5.69 Å². The first kappa shape index (κ1) is 17.7. The van der Waals surface area contributed by atoms with Crippen LogP contribution in [-0.2, 0) is 6.67 Å². The lowest BCUT2D eigenvalue weighted by Crippen LogP contribution is -3.12. The van der Waals surface area contributed by atoms with Crippen LogP contribution < -0.4 is 4.90 Å². The molecule has 2 atom stereocenters. The van der Waals surface area contributed by atoms with Crippen LogP contribution in [0.1, 0.15) is 23.8 Å². The Hall–Kier alpha value is -2.42. The summed E-state index contributed by atoms with van der Waals surface area (Å²) in [6.45, 7) is 2.92. The fourth-order valence-corrected chi connectivity index (χ4v) is 5.23. The molecule has 0 amide bonds. The summed E-state index contributed by atoms with van der Waals surface area (Å²) in [6, 6.07) is 18.3. The van der Waals surface area contributed by atoms with Gasteiger partial charge in [0.1, 0.15) is 5.01 Å². The highest BCUT2D eigenvalue weighted by molar-refractivity contribution is 7.71. The number of nitrogens with one attached hydrogen (secondary N) is 1. The molecule has 6 nitrogen and oxygen atoms in total. The van der Waals surface area contributed by atoms with Crippen molar-refractivity contribution >= 4 is 33.8 Å². The van der Waals surface area contributed by atoms with Crippen LogP contribution in [0.3, 0.4) is 0 Å². The maximum atomic E-state index is 5.62. The van der Waals surface area contributed by atoms with Crippen molar-refractivity contribution in [3.05, 3.63) is 64.4 Å². The maximum Gasteiger partial charge on any atom is 0.225 e. The second-order valence-electron chi connectivity index (χ2n) is 7.23. The average Bonchev–Trinajstić information content (AvgIpc) is 3.33. The summed E-state index contributed by atoms with van der Waals surface area (Å²) in [7, 11) is 0. The van der Waals surface area contributed by atoms with E-state index >= 15 is 0 Å². The Morgan fingerprint density at radius 1 is 1.07 bits per heavy atom. The summed E-state index contributed by atoms with van der Waals surface area (Å²) in [5.41, 5.74) is 2.06. The van der Waals surface area contributed by atoms with Gasteiger partial charge in [0.2, 0.25) is 4.77 Å². The quantitative estimate of drug-likeness (QED) is 0.527. The molecule has 1 N–H and O–H groups in total. The molecule has 1 aliphatic rings. The minimum atomic E-state index is 0.500. The van der Waals surface area contributed by atoms with E-state index in [1.165, 1.54) is 27.4 Å². The molecule has 0 bridgehead atoms. The first-order valence-electron chi connectivity index (χ1n) is 9.55. The molecule has 0 saturated carbocycles. The molecule has 1 fully saturated rings. The third-order valence-corrected chi connectivity index (χ3v) is 6.87. The van der Waals surface area contributed by atoms with Crippen molar-refractivity contribution in [2.75, 3.05) is 13.1 Å². The normalized spacial score (nSPS) is 19.9. The molecular formula is C20H21N6S2+. The van der Waals surface area contributed by atoms with E-state index in [0.29, 0.717) is 10.7 Å². The molecule has 2 aromatic heterocycles. The summed E-state index contributed by atoms with van der Waals surface area (Å²) in [4.78, 5) is 6.36. The zero-order chi connectivity index (χ0) is 18.9. The van der Waals surface area contributed by atoms with Crippen LogP contribution in [0.4, 0.5) is 0 Å². The minimum Gasteiger partial charge on any atom is -0.316 e. The molecule has 8 heteroatoms. The number of thiazole rings is 1. The number of piperidine rings is 1. The summed E-state index contributed by atoms with van der Waals surface area (Å²) in [5.74, 6) is 0.500. The first-order valence-corrected chi connectivity index (χ1v) is 10.8. The largest absolute Gasteiger partial charge is 0.316 e. The fraction of sp³-hybridized carbons (Fsp3) is 0.300. The third-order valence-electron chi connectivity index (χ3n) is 5.29. The minimum absolute atomic E-state index is 0.500. The van der Waals surface area contributed by atoms with Gasteiger partial charge in [-0.2, -0.15) is 9.36 Å². The third kappa shape index (κ3) is 3.39. The van der Waals surface area contributed by atoms with Crippen LogP contribution in [-0.4, -0.2) is 37.9 Å². The van der Waals surface area contributed by atoms with Gasteiger partial charge < -0.3 is 4.90 Å². The Bertz CT molecular complexity index is 1110. The Morgan fingerprint density at radius 2 is 1.89 bits per heavy atom. The van der Waals surface area contributed by atoms with Gasteiger partial charge in [-0.1, -0.05) is 30.3 Å². The number of hydrogen-bond acceptors (Lipinski definition) is 5. The van der Waals surface area contributed by atoms with E-state index in [1.807, 2.05) is 46.4 Å². The summed E-state index contributed by atoms with van der Waals surface area (Å²) in [5, 5.41) is 9.83. The van der Waals surface area contributed by atoms with Gasteiger partial charge in [0.25, 0.3) is 0 Å². The zero-order valence-electron chi connectivity index (χ0n) is 15.4. The molecule has 28 heavy (non-hydrogen) atoms. The van der Waals surface area contributed by atoms with Crippen LogP contribution in [0.2, 0.25) is 0 Å². The lowest BCUT2D eigenvalue weighted by atomic mass is 9.99. The number of benzene rings is 2. The Morgan fingerprint density at radius 3 is 2.75 bits per heavy atom. The van der Waals surface area contributed by atoms with Gasteiger partial charge in [-0.3, -0.25) is 0 Å². The highest BCUT2D eigenvalue weighted by Gasteiger charge is 2.27. The molecule has 5 rings (SSSR count). The standard InChI is InChI=1S/C20H20N6S2/c27-20-25(22-23-26(20)16-8-2-1-3-9-16)14-24-12-6-7-15(13-24)19-21-17-10-4-5-11-18(17)28-19/h1-5,8-11,15H,6-7,12-14H2/p+1/t15-/m0/s1. The van der Waals surface area contributed by atoms with E-state index in [-0.39, 0.29) is 0 Å². The van der Waals surface area contributed by atoms with Gasteiger partial charge in [0, 0.05) is 0 Å². The van der Waals surface area contributed by atoms with Crippen molar-refractivity contribution in [2.45, 2.75) is 25.4 Å². The summed E-state index contributed by atoms with van der Waals surface area (Å²) >= 11 is 7.45. The lowest BCUT2D eigenvalue weighted by molar-refractivity contribution is -0.929. The van der Waals surface area contributed by atoms with E-state index in [1.54, 1.807) is 4.68 Å². The van der Waals surface area contributed by atoms with Gasteiger partial charge in [-0.25, -0.2) is 4.98 Å². The van der Waals surface area contributed by atoms with Crippen molar-refractivity contribution in [2.24, 2.45) is 0 Å². The Kier molecular flexibility index (Phi) is 4.76. The highest BCUT2D eigenvalue weighted by atomic mass is 32.1. The number of aromatic nitrogens is 5. The molecule has 0 radical (unpaired) electrons. The molecule has 2 aromatic carbocycles. The lowest BCUT2D eigenvalue weighted by Gasteiger charge is -2.28. The summed E-state index contributed by atoms with van der Waals surface area (Å²) in [6.07, 6.45) is 2.39. The predicted octanol–water partition coefficient (Wildman–Crippen LogP) is 2.83. The van der Waals surface area contributed by atoms with Gasteiger partial charge in [0.05, 0.1) is 34.9 Å². The van der Waals surface area contributed by atoms with E-state index in [0.717, 1.165) is 31.0 Å². The first-order chi connectivity index (χ1) is 13.8. The second-order valence-corrected chi connectivity index (χ2v) is 8.66. The summed E-state index contributed by atoms with van der Waals surface area (Å²) < 4.78 is 5.49. The molecule has 142 valence electrons. The number of likely N-dealkylation sites (tertiary alicyclic amines) is 1. The number of tetrazole rings is 1. The zero-order valence-corrected chi connectivity index (χ0v) is 17.0. The van der Waals surface area contributed by atoms with Gasteiger partial charge >= 0.3 is 0 Å². The van der Waals surface area contributed by atoms with Crippen LogP contribution in [0, 0.1) is 4.77 Å². The van der Waals surface area contributed by atoms with Crippen molar-refractivity contribution < 1.29 is 4.90 Å². The highest BCUT2D eigenvalue weighted by Crippen LogP contribution is 2.30. The van der Waals surface area contributed by atoms with E-state index in [2.05, 4.69) is 34.7 Å². The number of fused-ring (bicyclic) bond motifs is 1. The van der Waals surface area contributed by atoms with Crippen LogP contribution in [0.25, 0.3) is 15.9 Å². The SMILES string of the molecule is S=c1n(C[NH+]2CCC[C@H](c3nc4ccccc4s3)C2)nnn1-c1ccccc1. The average molecular weight is 410 g/mol. The number of hydrogen-bond donors (Lipinski definition) is 1. The number of para-hydroxylation sites is 2. The van der Waals surface area contributed by atoms with Crippen molar-refractivity contribution in [3.63, 3.8) is 0 Å². The monoisotopic (exact) mass is 409 g/mol. The molecule has 1 unspecified atom stereocenters. The van der Waals surface area contributed by atoms with E-state index in [4.69, 9.17) is 17.2 Å². The molecule has 0 aliphatic carbocycles. The predicted molar refractivity (Wildman–Crippen MR) is 112 cm³/mol. The van der Waals surface area contributed by atoms with Gasteiger partial charge in [0.15, 0.2) is 6.67 Å². The topological polar surface area (TPSA) is 53.0 Å². The molecule has 4 aromatic rings. The fourth-order valence-electron chi connectivity index (χ4n) is 3.89. The molecule has 1 saturated heterocycles. The van der Waals surface area contributed by atoms with Crippen LogP contribution in [0.15, 0.2) is 54.6 Å². The van der Waals surface area contributed by atoms with Gasteiger partial charge in [-0.05, 0) is 59.8 Å². The number of quaternary nitrogens is 1. The Labute approximate surface area is 172 Å². The molecular weight excluding hydrogens is 388 g/mol. The Balaban J connectivity index is 1.33. The molecule has 3 heterocycles. The van der Waals surface area contributed by atoms with Crippen LogP contribution >= 0.6 is 23.6 Å². The van der Waals surface area contributed by atoms with Crippen LogP contribution in [0.5, 0.6) is 0 Å². The maximum absolute atomic E-state index is 5.62. The number of nitrogens with zero attached hydrogens (tertiary/aromatic N) is 5. The van der Waals surface area contributed by atoms with Crippen molar-refractivity contribution in [1.82, 2.24) is 24.8 Å².